The molecule has 0 unspecified atom stereocenters. The van der Waals surface area contributed by atoms with E-state index in [2.05, 4.69) is 36.8 Å². The second kappa shape index (κ2) is 4.96. The van der Waals surface area contributed by atoms with Crippen LogP contribution >= 0.6 is 44.1 Å². The molecule has 90 valence electrons. The lowest BCUT2D eigenvalue weighted by Crippen LogP contribution is -1.95. The minimum Gasteiger partial charge on any atom is -0.495 e. The Morgan fingerprint density at radius 2 is 2.00 bits per heavy atom. The second-order valence-electron chi connectivity index (χ2n) is 3.55. The van der Waals surface area contributed by atoms with Gasteiger partial charge in [-0.1, -0.05) is 0 Å². The largest absolute Gasteiger partial charge is 0.495 e. The Morgan fingerprint density at radius 3 is 2.53 bits per heavy atom. The maximum absolute atomic E-state index is 5.28. The number of hydrogen-bond donors (Lipinski definition) is 1. The average molecular weight is 378 g/mol. The van der Waals surface area contributed by atoms with Gasteiger partial charge < -0.3 is 9.72 Å². The number of methoxy groups -OCH3 is 1. The van der Waals surface area contributed by atoms with Crippen LogP contribution in [0.4, 0.5) is 0 Å². The molecule has 0 amide bonds. The number of hydrogen-bond acceptors (Lipinski definition) is 2. The molecule has 1 aromatic heterocycles. The van der Waals surface area contributed by atoms with E-state index in [0.717, 1.165) is 26.1 Å². The van der Waals surface area contributed by atoms with Crippen molar-refractivity contribution in [3.05, 3.63) is 37.7 Å². The highest BCUT2D eigenvalue weighted by Gasteiger charge is 2.10. The predicted octanol–water partition coefficient (Wildman–Crippen LogP) is 4.38. The lowest BCUT2D eigenvalue weighted by Gasteiger charge is -2.10. The summed E-state index contributed by atoms with van der Waals surface area (Å²) >= 11 is 12.2. The molecule has 0 aliphatic carbocycles. The van der Waals surface area contributed by atoms with Crippen LogP contribution in [0.2, 0.25) is 0 Å². The first-order chi connectivity index (χ1) is 8.02. The Kier molecular flexibility index (Phi) is 3.75. The van der Waals surface area contributed by atoms with Crippen molar-refractivity contribution in [2.45, 2.75) is 6.92 Å². The van der Waals surface area contributed by atoms with Gasteiger partial charge in [-0.05, 0) is 57.1 Å². The van der Waals surface area contributed by atoms with Crippen LogP contribution in [0.15, 0.2) is 27.3 Å². The standard InChI is InChI=1S/C11H10Br2N2OS/c1-6-5-15(11(17)14-6)9-4-10(16-2)8(13)3-7(9)12/h3-5H,1-2H3,(H,14,17). The van der Waals surface area contributed by atoms with Gasteiger partial charge in [-0.25, -0.2) is 0 Å². The monoisotopic (exact) mass is 376 g/mol. The van der Waals surface area contributed by atoms with E-state index in [-0.39, 0.29) is 0 Å². The van der Waals surface area contributed by atoms with Crippen LogP contribution in [0, 0.1) is 11.7 Å². The Morgan fingerprint density at radius 1 is 1.29 bits per heavy atom. The summed E-state index contributed by atoms with van der Waals surface area (Å²) in [6.45, 7) is 1.97. The van der Waals surface area contributed by atoms with E-state index >= 15 is 0 Å². The number of aromatic amines is 1. The van der Waals surface area contributed by atoms with Crippen LogP contribution in [-0.2, 0) is 0 Å². The highest BCUT2D eigenvalue weighted by molar-refractivity contribution is 9.11. The normalized spacial score (nSPS) is 10.6. The van der Waals surface area contributed by atoms with E-state index in [1.807, 2.05) is 29.8 Å². The Balaban J connectivity index is 2.67. The zero-order chi connectivity index (χ0) is 12.6. The first-order valence-electron chi connectivity index (χ1n) is 4.84. The molecule has 1 aromatic carbocycles. The van der Waals surface area contributed by atoms with Gasteiger partial charge in [0.05, 0.1) is 17.3 Å². The van der Waals surface area contributed by atoms with Crippen molar-refractivity contribution in [2.24, 2.45) is 0 Å². The van der Waals surface area contributed by atoms with Crippen LogP contribution in [0.1, 0.15) is 5.69 Å². The second-order valence-corrected chi connectivity index (χ2v) is 5.65. The molecule has 2 rings (SSSR count). The Bertz CT molecular complexity index is 618. The third-order valence-electron chi connectivity index (χ3n) is 2.33. The van der Waals surface area contributed by atoms with Crippen LogP contribution in [-0.4, -0.2) is 16.7 Å². The molecule has 0 saturated carbocycles. The van der Waals surface area contributed by atoms with Gasteiger partial charge in [0.2, 0.25) is 0 Å². The van der Waals surface area contributed by atoms with Crippen LogP contribution < -0.4 is 4.74 Å². The van der Waals surface area contributed by atoms with Crippen molar-refractivity contribution in [2.75, 3.05) is 7.11 Å². The third kappa shape index (κ3) is 2.48. The van der Waals surface area contributed by atoms with Gasteiger partial charge in [-0.15, -0.1) is 0 Å². The van der Waals surface area contributed by atoms with E-state index in [1.165, 1.54) is 0 Å². The molecule has 1 heterocycles. The number of halogens is 2. The molecule has 6 heteroatoms. The van der Waals surface area contributed by atoms with Crippen molar-refractivity contribution >= 4 is 44.1 Å². The predicted molar refractivity (Wildman–Crippen MR) is 77.6 cm³/mol. The number of aromatic nitrogens is 2. The van der Waals surface area contributed by atoms with Crippen molar-refractivity contribution in [3.8, 4) is 11.4 Å². The zero-order valence-corrected chi connectivity index (χ0v) is 13.2. The first-order valence-corrected chi connectivity index (χ1v) is 6.84. The van der Waals surface area contributed by atoms with E-state index < -0.39 is 0 Å². The number of nitrogens with zero attached hydrogens (tertiary/aromatic N) is 1. The maximum Gasteiger partial charge on any atom is 0.182 e. The molecule has 3 nitrogen and oxygen atoms in total. The molecule has 17 heavy (non-hydrogen) atoms. The fraction of sp³-hybridized carbons (Fsp3) is 0.182. The molecular formula is C11H10Br2N2OS. The lowest BCUT2D eigenvalue weighted by atomic mass is 10.3. The first kappa shape index (κ1) is 12.9. The molecule has 0 aliphatic rings. The maximum atomic E-state index is 5.28. The Hall–Kier alpha value is -0.590. The smallest absolute Gasteiger partial charge is 0.182 e. The van der Waals surface area contributed by atoms with Gasteiger partial charge in [0.15, 0.2) is 4.77 Å². The molecule has 1 N–H and O–H groups in total. The molecule has 0 saturated heterocycles. The Labute approximate surface area is 121 Å². The highest BCUT2D eigenvalue weighted by atomic mass is 79.9. The number of nitrogens with one attached hydrogen (secondary N) is 1. The van der Waals surface area contributed by atoms with Crippen LogP contribution in [0.25, 0.3) is 5.69 Å². The molecule has 0 fully saturated rings. The summed E-state index contributed by atoms with van der Waals surface area (Å²) in [7, 11) is 1.64. The van der Waals surface area contributed by atoms with Gasteiger partial charge in [0.25, 0.3) is 0 Å². The number of benzene rings is 1. The quantitative estimate of drug-likeness (QED) is 0.787. The summed E-state index contributed by atoms with van der Waals surface area (Å²) < 4.78 is 9.69. The van der Waals surface area contributed by atoms with Gasteiger partial charge >= 0.3 is 0 Å². The van der Waals surface area contributed by atoms with E-state index in [1.54, 1.807) is 7.11 Å². The number of ether oxygens (including phenoxy) is 1. The number of rotatable bonds is 2. The molecule has 0 aliphatic heterocycles. The average Bonchev–Trinajstić information content (AvgIpc) is 2.58. The minimum absolute atomic E-state index is 0.660. The fourth-order valence-electron chi connectivity index (χ4n) is 1.55. The topological polar surface area (TPSA) is 29.9 Å². The lowest BCUT2D eigenvalue weighted by molar-refractivity contribution is 0.412. The van der Waals surface area contributed by atoms with E-state index in [9.17, 15) is 0 Å². The van der Waals surface area contributed by atoms with E-state index in [0.29, 0.717) is 4.77 Å². The highest BCUT2D eigenvalue weighted by Crippen LogP contribution is 2.33. The summed E-state index contributed by atoms with van der Waals surface area (Å²) in [5.41, 5.74) is 1.96. The molecule has 0 spiro atoms. The van der Waals surface area contributed by atoms with Crippen molar-refractivity contribution in [1.29, 1.82) is 0 Å². The summed E-state index contributed by atoms with van der Waals surface area (Å²) in [5, 5.41) is 0. The van der Waals surface area contributed by atoms with Crippen molar-refractivity contribution in [1.82, 2.24) is 9.55 Å². The molecule has 0 radical (unpaired) electrons. The summed E-state index contributed by atoms with van der Waals surface area (Å²) in [5.74, 6) is 0.768. The third-order valence-corrected chi connectivity index (χ3v) is 3.88. The molecule has 0 bridgehead atoms. The molecule has 0 atom stereocenters. The van der Waals surface area contributed by atoms with Gasteiger partial charge in [0.1, 0.15) is 5.75 Å². The number of H-pyrrole nitrogens is 1. The van der Waals surface area contributed by atoms with Crippen molar-refractivity contribution in [3.63, 3.8) is 0 Å². The minimum atomic E-state index is 0.660. The van der Waals surface area contributed by atoms with Crippen LogP contribution in [0.3, 0.4) is 0 Å². The summed E-state index contributed by atoms with van der Waals surface area (Å²) in [6.07, 6.45) is 1.95. The van der Waals surface area contributed by atoms with Gasteiger partial charge in [0, 0.05) is 22.4 Å². The van der Waals surface area contributed by atoms with Crippen molar-refractivity contribution < 1.29 is 4.74 Å². The number of aryl methyl sites for hydroxylation is 1. The van der Waals surface area contributed by atoms with Gasteiger partial charge in [-0.2, -0.15) is 0 Å². The van der Waals surface area contributed by atoms with Crippen LogP contribution in [0.5, 0.6) is 5.75 Å². The zero-order valence-electron chi connectivity index (χ0n) is 9.25. The summed E-state index contributed by atoms with van der Waals surface area (Å²) in [4.78, 5) is 3.09. The molecule has 2 aromatic rings. The summed E-state index contributed by atoms with van der Waals surface area (Å²) in [6, 6.07) is 3.87. The fourth-order valence-corrected chi connectivity index (χ4v) is 3.21. The van der Waals surface area contributed by atoms with Gasteiger partial charge in [-0.3, -0.25) is 4.57 Å². The number of imidazole rings is 1. The SMILES string of the molecule is COc1cc(-n2cc(C)[nH]c2=S)c(Br)cc1Br. The molecular weight excluding hydrogens is 368 g/mol. The van der Waals surface area contributed by atoms with E-state index in [4.69, 9.17) is 17.0 Å².